The van der Waals surface area contributed by atoms with Crippen LogP contribution in [0.1, 0.15) is 79.6 Å². The van der Waals surface area contributed by atoms with Crippen LogP contribution in [-0.2, 0) is 33.3 Å². The van der Waals surface area contributed by atoms with Crippen LogP contribution in [-0.4, -0.2) is 57.1 Å². The fraction of sp³-hybridized carbons (Fsp3) is 0.714. The molecular weight excluding hydrogens is 564 g/mol. The number of esters is 1. The van der Waals surface area contributed by atoms with Crippen LogP contribution in [0, 0.1) is 46.3 Å². The molecule has 9 nitrogen and oxygen atoms in total. The quantitative estimate of drug-likeness (QED) is 0.111. The van der Waals surface area contributed by atoms with Crippen molar-refractivity contribution >= 4 is 24.1 Å². The Morgan fingerprint density at radius 3 is 2.30 bits per heavy atom. The summed E-state index contributed by atoms with van der Waals surface area (Å²) in [7, 11) is 2.57. The Labute approximate surface area is 261 Å². The van der Waals surface area contributed by atoms with Crippen molar-refractivity contribution in [1.82, 2.24) is 0 Å². The van der Waals surface area contributed by atoms with E-state index < -0.39 is 41.8 Å². The molecule has 9 atom stereocenters. The zero-order chi connectivity index (χ0) is 32.4. The predicted molar refractivity (Wildman–Crippen MR) is 163 cm³/mol. The first-order valence-corrected chi connectivity index (χ1v) is 16.0. The van der Waals surface area contributed by atoms with E-state index in [1.165, 1.54) is 25.9 Å². The van der Waals surface area contributed by atoms with E-state index in [-0.39, 0.29) is 35.6 Å². The minimum Gasteiger partial charge on any atom is -0.461 e. The van der Waals surface area contributed by atoms with E-state index >= 15 is 0 Å². The second-order valence-electron chi connectivity index (χ2n) is 13.9. The van der Waals surface area contributed by atoms with Gasteiger partial charge in [-0.05, 0) is 61.2 Å². The monoisotopic (exact) mass is 614 g/mol. The predicted octanol–water partition coefficient (Wildman–Crippen LogP) is 7.00. The maximum Gasteiger partial charge on any atom is 0.508 e. The van der Waals surface area contributed by atoms with Gasteiger partial charge in [0.25, 0.3) is 0 Å². The summed E-state index contributed by atoms with van der Waals surface area (Å²) in [6.45, 7) is 14.1. The molecule has 0 bridgehead atoms. The first-order valence-electron chi connectivity index (χ1n) is 16.0. The maximum absolute atomic E-state index is 13.1. The van der Waals surface area contributed by atoms with Crippen molar-refractivity contribution in [3.63, 3.8) is 0 Å². The maximum atomic E-state index is 13.1. The van der Waals surface area contributed by atoms with E-state index in [1.807, 2.05) is 13.8 Å². The molecule has 0 aliphatic heterocycles. The summed E-state index contributed by atoms with van der Waals surface area (Å²) in [4.78, 5) is 50.4. The molecule has 1 unspecified atom stereocenters. The van der Waals surface area contributed by atoms with Gasteiger partial charge >= 0.3 is 18.3 Å². The van der Waals surface area contributed by atoms with Crippen molar-refractivity contribution in [3.8, 4) is 0 Å². The lowest BCUT2D eigenvalue weighted by Crippen LogP contribution is -2.54. The minimum atomic E-state index is -0.777. The number of allylic oxidation sites excluding steroid dienone is 3. The number of ketones is 1. The number of rotatable bonds is 10. The van der Waals surface area contributed by atoms with E-state index in [4.69, 9.17) is 23.7 Å². The lowest BCUT2D eigenvalue weighted by Gasteiger charge is -2.57. The van der Waals surface area contributed by atoms with Crippen LogP contribution in [0.5, 0.6) is 0 Å². The van der Waals surface area contributed by atoms with Gasteiger partial charge in [0.15, 0.2) is 0 Å². The highest BCUT2D eigenvalue weighted by Gasteiger charge is 2.60. The standard InChI is InChI=1S/C35H50O9/c1-9-16-42-31(37)25(30(36)20(2)3)17-21(4)26-12-13-27-24-11-10-22-18-23(43-32(38)40-7)19-29(44-33(39)41-8)35(22,6)28(24)14-15-34(26,27)5/h9-11,20-21,23,25-29H,1,12-19H2,2-8H3/t21-,23-,25?,26-,27+,28+,29+,34-,35+/m1/s1. The number of methoxy groups -OCH3 is 2. The molecule has 3 saturated carbocycles. The average Bonchev–Trinajstić information content (AvgIpc) is 3.35. The van der Waals surface area contributed by atoms with Gasteiger partial charge in [0.1, 0.15) is 30.5 Å². The average molecular weight is 615 g/mol. The summed E-state index contributed by atoms with van der Waals surface area (Å²) < 4.78 is 26.4. The van der Waals surface area contributed by atoms with Gasteiger partial charge in [-0.3, -0.25) is 9.59 Å². The Kier molecular flexibility index (Phi) is 10.4. The van der Waals surface area contributed by atoms with Crippen molar-refractivity contribution in [2.24, 2.45) is 46.3 Å². The zero-order valence-corrected chi connectivity index (χ0v) is 27.4. The summed E-state index contributed by atoms with van der Waals surface area (Å²) in [5, 5.41) is 0. The second kappa shape index (κ2) is 13.5. The van der Waals surface area contributed by atoms with Gasteiger partial charge in [0.05, 0.1) is 14.2 Å². The number of hydrogen-bond acceptors (Lipinski definition) is 9. The van der Waals surface area contributed by atoms with Gasteiger partial charge in [0, 0.05) is 24.2 Å². The highest BCUT2D eigenvalue weighted by Crippen LogP contribution is 2.66. The van der Waals surface area contributed by atoms with Gasteiger partial charge < -0.3 is 23.7 Å². The molecule has 4 aliphatic rings. The molecule has 0 aromatic rings. The molecule has 0 aromatic heterocycles. The van der Waals surface area contributed by atoms with Gasteiger partial charge in [-0.15, -0.1) is 0 Å². The van der Waals surface area contributed by atoms with Crippen LogP contribution in [0.4, 0.5) is 9.59 Å². The summed E-state index contributed by atoms with van der Waals surface area (Å²) >= 11 is 0. The molecule has 4 aliphatic carbocycles. The van der Waals surface area contributed by atoms with Crippen molar-refractivity contribution in [2.75, 3.05) is 20.8 Å². The third kappa shape index (κ3) is 6.20. The normalized spacial score (nSPS) is 33.7. The van der Waals surface area contributed by atoms with Crippen LogP contribution in [0.25, 0.3) is 0 Å². The molecular formula is C35H50O9. The smallest absolute Gasteiger partial charge is 0.461 e. The summed E-state index contributed by atoms with van der Waals surface area (Å²) in [5.74, 6) is -0.577. The van der Waals surface area contributed by atoms with Crippen molar-refractivity contribution in [1.29, 1.82) is 0 Å². The number of carbonyl (C=O) groups is 4. The highest BCUT2D eigenvalue weighted by molar-refractivity contribution is 5.99. The Balaban J connectivity index is 1.60. The summed E-state index contributed by atoms with van der Waals surface area (Å²) in [6.07, 6.45) is 8.70. The molecule has 9 heteroatoms. The third-order valence-electron chi connectivity index (χ3n) is 11.3. The van der Waals surface area contributed by atoms with Gasteiger partial charge in [0.2, 0.25) is 0 Å². The molecule has 244 valence electrons. The summed E-state index contributed by atoms with van der Waals surface area (Å²) in [5.41, 5.74) is 2.01. The van der Waals surface area contributed by atoms with Crippen molar-refractivity contribution in [3.05, 3.63) is 36.0 Å². The molecule has 0 saturated heterocycles. The molecule has 0 aromatic carbocycles. The SMILES string of the molecule is C=CCOC(=O)C(C[C@@H](C)[C@H]1CC[C@H]2C3=CC=C4C[C@@H](OC(=O)OC)C[C@H](OC(=O)OC)[C@]4(C)[C@H]3CC[C@]12C)C(=O)C(C)C. The molecule has 3 fully saturated rings. The van der Waals surface area contributed by atoms with Gasteiger partial charge in [-0.25, -0.2) is 9.59 Å². The fourth-order valence-electron chi connectivity index (χ4n) is 9.10. The van der Waals surface area contributed by atoms with E-state index in [1.54, 1.807) is 0 Å². The largest absolute Gasteiger partial charge is 0.508 e. The lowest BCUT2D eigenvalue weighted by molar-refractivity contribution is -0.153. The summed E-state index contributed by atoms with van der Waals surface area (Å²) in [6, 6.07) is 0. The van der Waals surface area contributed by atoms with E-state index in [9.17, 15) is 19.2 Å². The fourth-order valence-corrected chi connectivity index (χ4v) is 9.10. The van der Waals surface area contributed by atoms with E-state index in [2.05, 4.69) is 39.5 Å². The Hall–Kier alpha value is -3.10. The van der Waals surface area contributed by atoms with E-state index in [0.29, 0.717) is 31.1 Å². The molecule has 0 heterocycles. The van der Waals surface area contributed by atoms with Gasteiger partial charge in [-0.1, -0.05) is 70.6 Å². The molecule has 0 N–H and O–H groups in total. The Bertz CT molecular complexity index is 1200. The van der Waals surface area contributed by atoms with E-state index in [0.717, 1.165) is 31.3 Å². The second-order valence-corrected chi connectivity index (χ2v) is 13.9. The lowest BCUT2D eigenvalue weighted by atomic mass is 9.49. The molecule has 0 radical (unpaired) electrons. The highest BCUT2D eigenvalue weighted by atomic mass is 16.7. The first-order chi connectivity index (χ1) is 20.8. The van der Waals surface area contributed by atoms with Crippen LogP contribution < -0.4 is 0 Å². The van der Waals surface area contributed by atoms with Crippen LogP contribution in [0.3, 0.4) is 0 Å². The molecule has 4 rings (SSSR count). The van der Waals surface area contributed by atoms with Gasteiger partial charge in [-0.2, -0.15) is 0 Å². The number of carbonyl (C=O) groups excluding carboxylic acids is 4. The molecule has 0 spiro atoms. The van der Waals surface area contributed by atoms with Crippen LogP contribution in [0.2, 0.25) is 0 Å². The number of hydrogen-bond donors (Lipinski definition) is 0. The number of ether oxygens (including phenoxy) is 5. The number of fused-ring (bicyclic) bond motifs is 5. The molecule has 0 amide bonds. The third-order valence-corrected chi connectivity index (χ3v) is 11.3. The minimum absolute atomic E-state index is 0.00377. The first kappa shape index (κ1) is 33.8. The van der Waals surface area contributed by atoms with Crippen molar-refractivity contribution in [2.45, 2.75) is 91.8 Å². The Morgan fingerprint density at radius 2 is 1.66 bits per heavy atom. The van der Waals surface area contributed by atoms with Crippen LogP contribution >= 0.6 is 0 Å². The number of Topliss-reactive ketones (excluding diaryl/α,β-unsaturated/α-hetero) is 1. The van der Waals surface area contributed by atoms with Crippen LogP contribution in [0.15, 0.2) is 36.0 Å². The topological polar surface area (TPSA) is 114 Å². The van der Waals surface area contributed by atoms with Crippen molar-refractivity contribution < 1.29 is 42.9 Å². The molecule has 44 heavy (non-hydrogen) atoms. The Morgan fingerprint density at radius 1 is 0.977 bits per heavy atom. The zero-order valence-electron chi connectivity index (χ0n) is 27.4.